The van der Waals surface area contributed by atoms with Crippen LogP contribution >= 0.6 is 38.5 Å². The van der Waals surface area contributed by atoms with Crippen molar-refractivity contribution in [3.05, 3.63) is 50.3 Å². The second-order valence-electron chi connectivity index (χ2n) is 4.25. The molecule has 106 valence electrons. The van der Waals surface area contributed by atoms with Gasteiger partial charge in [-0.3, -0.25) is 0 Å². The molecule has 0 atom stereocenters. The van der Waals surface area contributed by atoms with Crippen molar-refractivity contribution < 1.29 is 14.0 Å². The number of benzene rings is 2. The van der Waals surface area contributed by atoms with E-state index in [0.29, 0.717) is 15.6 Å². The van der Waals surface area contributed by atoms with E-state index in [1.54, 1.807) is 24.3 Å². The number of halogens is 3. The highest BCUT2D eigenvalue weighted by Crippen LogP contribution is 2.29. The first-order chi connectivity index (χ1) is 10.0. The van der Waals surface area contributed by atoms with Crippen LogP contribution in [-0.2, 0) is 0 Å². The topological polar surface area (TPSA) is 59.2 Å². The quantitative estimate of drug-likeness (QED) is 0.567. The second kappa shape index (κ2) is 5.72. The van der Waals surface area contributed by atoms with E-state index < -0.39 is 5.82 Å². The molecular weight excluding hydrogens is 454 g/mol. The summed E-state index contributed by atoms with van der Waals surface area (Å²) in [7, 11) is 0. The van der Waals surface area contributed by atoms with Gasteiger partial charge in [0, 0.05) is 15.6 Å². The molecule has 0 amide bonds. The lowest BCUT2D eigenvalue weighted by atomic mass is 10.2. The van der Waals surface area contributed by atoms with E-state index in [0.717, 1.165) is 3.57 Å². The van der Waals surface area contributed by atoms with Crippen LogP contribution in [0.1, 0.15) is 0 Å². The lowest BCUT2D eigenvalue weighted by Crippen LogP contribution is -1.84. The molecule has 4 nitrogen and oxygen atoms in total. The molecule has 0 aliphatic rings. The first-order valence-electron chi connectivity index (χ1n) is 5.82. The Morgan fingerprint density at radius 3 is 2.67 bits per heavy atom. The Morgan fingerprint density at radius 1 is 1.14 bits per heavy atom. The number of hydrogen-bond acceptors (Lipinski definition) is 4. The molecule has 0 bridgehead atoms. The van der Waals surface area contributed by atoms with Crippen molar-refractivity contribution in [2.45, 2.75) is 0 Å². The Hall–Kier alpha value is -1.48. The van der Waals surface area contributed by atoms with Gasteiger partial charge in [0.2, 0.25) is 5.82 Å². The molecule has 0 saturated carbocycles. The minimum Gasteiger partial charge on any atom is -0.507 e. The largest absolute Gasteiger partial charge is 0.507 e. The predicted octanol–water partition coefficient (Wildman–Crippen LogP) is 4.62. The summed E-state index contributed by atoms with van der Waals surface area (Å²) in [5.41, 5.74) is 1.11. The van der Waals surface area contributed by atoms with E-state index in [9.17, 15) is 9.50 Å². The molecule has 21 heavy (non-hydrogen) atoms. The zero-order valence-corrected chi connectivity index (χ0v) is 14.1. The summed E-state index contributed by atoms with van der Waals surface area (Å²) < 4.78 is 19.9. The minimum atomic E-state index is -0.391. The van der Waals surface area contributed by atoms with Crippen LogP contribution in [0.15, 0.2) is 45.4 Å². The molecule has 0 fully saturated rings. The maximum Gasteiger partial charge on any atom is 0.258 e. The summed E-state index contributed by atoms with van der Waals surface area (Å²) in [6.07, 6.45) is 0. The zero-order valence-electron chi connectivity index (χ0n) is 10.3. The van der Waals surface area contributed by atoms with E-state index >= 15 is 0 Å². The Labute approximate surface area is 141 Å². The number of aromatic hydroxyl groups is 1. The monoisotopic (exact) mass is 460 g/mol. The van der Waals surface area contributed by atoms with Crippen LogP contribution in [0.5, 0.6) is 5.75 Å². The van der Waals surface area contributed by atoms with Crippen LogP contribution in [0, 0.1) is 9.39 Å². The molecule has 0 radical (unpaired) electrons. The van der Waals surface area contributed by atoms with Crippen molar-refractivity contribution in [3.8, 4) is 28.6 Å². The van der Waals surface area contributed by atoms with Gasteiger partial charge in [-0.1, -0.05) is 21.1 Å². The van der Waals surface area contributed by atoms with E-state index in [2.05, 4.69) is 26.1 Å². The van der Waals surface area contributed by atoms with Crippen LogP contribution < -0.4 is 0 Å². The van der Waals surface area contributed by atoms with Gasteiger partial charge in [-0.05, 0) is 59.0 Å². The summed E-state index contributed by atoms with van der Waals surface area (Å²) >= 11 is 5.24. The SMILES string of the molecule is Oc1cc(-c2nc(-c3cc(F)cc(Br)c3)no2)ccc1I. The van der Waals surface area contributed by atoms with E-state index in [-0.39, 0.29) is 17.5 Å². The van der Waals surface area contributed by atoms with Crippen LogP contribution in [-0.4, -0.2) is 15.2 Å². The minimum absolute atomic E-state index is 0.140. The summed E-state index contributed by atoms with van der Waals surface area (Å²) in [6.45, 7) is 0. The average Bonchev–Trinajstić information content (AvgIpc) is 2.90. The third-order valence-corrected chi connectivity index (χ3v) is 4.11. The first-order valence-corrected chi connectivity index (χ1v) is 7.69. The van der Waals surface area contributed by atoms with Crippen LogP contribution in [0.4, 0.5) is 4.39 Å². The van der Waals surface area contributed by atoms with Crippen molar-refractivity contribution in [3.63, 3.8) is 0 Å². The molecule has 3 aromatic rings. The lowest BCUT2D eigenvalue weighted by molar-refractivity contribution is 0.431. The smallest absolute Gasteiger partial charge is 0.258 e. The molecule has 0 unspecified atom stereocenters. The third-order valence-electron chi connectivity index (χ3n) is 2.74. The number of phenols is 1. The van der Waals surface area contributed by atoms with Crippen molar-refractivity contribution in [1.82, 2.24) is 10.1 Å². The standard InChI is InChI=1S/C14H7BrFIN2O2/c15-9-3-8(4-10(16)6-9)13-18-14(21-19-13)7-1-2-11(17)12(20)5-7/h1-6,20H. The van der Waals surface area contributed by atoms with Crippen molar-refractivity contribution in [2.75, 3.05) is 0 Å². The Morgan fingerprint density at radius 2 is 1.95 bits per heavy atom. The van der Waals surface area contributed by atoms with Gasteiger partial charge in [-0.25, -0.2) is 4.39 Å². The molecule has 0 aliphatic heterocycles. The van der Waals surface area contributed by atoms with E-state index in [1.807, 2.05) is 22.6 Å². The number of rotatable bonds is 2. The highest BCUT2D eigenvalue weighted by atomic mass is 127. The van der Waals surface area contributed by atoms with Crippen LogP contribution in [0.2, 0.25) is 0 Å². The molecule has 1 heterocycles. The van der Waals surface area contributed by atoms with Gasteiger partial charge >= 0.3 is 0 Å². The number of hydrogen-bond donors (Lipinski definition) is 1. The molecule has 2 aromatic carbocycles. The van der Waals surface area contributed by atoms with Crippen molar-refractivity contribution in [1.29, 1.82) is 0 Å². The number of aromatic nitrogens is 2. The van der Waals surface area contributed by atoms with Gasteiger partial charge in [0.05, 0.1) is 3.57 Å². The molecule has 0 saturated heterocycles. The number of nitrogens with zero attached hydrogens (tertiary/aromatic N) is 2. The first kappa shape index (κ1) is 14.5. The average molecular weight is 461 g/mol. The van der Waals surface area contributed by atoms with Gasteiger partial charge in [0.1, 0.15) is 11.6 Å². The van der Waals surface area contributed by atoms with Crippen molar-refractivity contribution >= 4 is 38.5 Å². The molecule has 0 aliphatic carbocycles. The maximum absolute atomic E-state index is 13.4. The highest BCUT2D eigenvalue weighted by molar-refractivity contribution is 14.1. The normalized spacial score (nSPS) is 10.8. The molecule has 3 rings (SSSR count). The van der Waals surface area contributed by atoms with Gasteiger partial charge in [-0.2, -0.15) is 4.98 Å². The molecular formula is C14H7BrFIN2O2. The van der Waals surface area contributed by atoms with Gasteiger partial charge in [-0.15, -0.1) is 0 Å². The second-order valence-corrected chi connectivity index (χ2v) is 6.33. The Kier molecular flexibility index (Phi) is 3.94. The van der Waals surface area contributed by atoms with E-state index in [4.69, 9.17) is 4.52 Å². The zero-order chi connectivity index (χ0) is 15.0. The fourth-order valence-corrected chi connectivity index (χ4v) is 2.59. The van der Waals surface area contributed by atoms with Gasteiger partial charge < -0.3 is 9.63 Å². The molecule has 0 spiro atoms. The Balaban J connectivity index is 2.01. The molecule has 1 N–H and O–H groups in total. The molecule has 7 heteroatoms. The fourth-order valence-electron chi connectivity index (χ4n) is 1.79. The number of phenolic OH excluding ortho intramolecular Hbond substituents is 1. The lowest BCUT2D eigenvalue weighted by Gasteiger charge is -1.98. The summed E-state index contributed by atoms with van der Waals surface area (Å²) in [6, 6.07) is 9.42. The highest BCUT2D eigenvalue weighted by Gasteiger charge is 2.13. The summed E-state index contributed by atoms with van der Waals surface area (Å²) in [4.78, 5) is 4.22. The summed E-state index contributed by atoms with van der Waals surface area (Å²) in [5.74, 6) is 0.291. The summed E-state index contributed by atoms with van der Waals surface area (Å²) in [5, 5.41) is 13.5. The van der Waals surface area contributed by atoms with Crippen molar-refractivity contribution in [2.24, 2.45) is 0 Å². The van der Waals surface area contributed by atoms with Crippen LogP contribution in [0.3, 0.4) is 0 Å². The van der Waals surface area contributed by atoms with Crippen LogP contribution in [0.25, 0.3) is 22.8 Å². The Bertz CT molecular complexity index is 802. The predicted molar refractivity (Wildman–Crippen MR) is 87.2 cm³/mol. The fraction of sp³-hybridized carbons (Fsp3) is 0. The van der Waals surface area contributed by atoms with Gasteiger partial charge in [0.25, 0.3) is 5.89 Å². The third kappa shape index (κ3) is 3.08. The van der Waals surface area contributed by atoms with Gasteiger partial charge in [0.15, 0.2) is 0 Å². The maximum atomic E-state index is 13.4. The van der Waals surface area contributed by atoms with E-state index in [1.165, 1.54) is 12.1 Å². The molecule has 1 aromatic heterocycles.